The molecule has 0 spiro atoms. The van der Waals surface area contributed by atoms with Crippen molar-refractivity contribution in [2.24, 2.45) is 0 Å². The second kappa shape index (κ2) is 4.81. The van der Waals surface area contributed by atoms with Gasteiger partial charge >= 0.3 is 0 Å². The molecule has 0 radical (unpaired) electrons. The predicted octanol–water partition coefficient (Wildman–Crippen LogP) is 5.95. The minimum atomic E-state index is 0.180. The first-order chi connectivity index (χ1) is 7.82. The zero-order valence-corrected chi connectivity index (χ0v) is 15.3. The van der Waals surface area contributed by atoms with Gasteiger partial charge in [-0.3, -0.25) is 0 Å². The quantitative estimate of drug-likeness (QED) is 0.430. The second-order valence-electron chi connectivity index (χ2n) is 7.77. The van der Waals surface area contributed by atoms with Crippen molar-refractivity contribution in [2.75, 3.05) is 0 Å². The summed E-state index contributed by atoms with van der Waals surface area (Å²) in [6.07, 6.45) is 0. The van der Waals surface area contributed by atoms with Crippen molar-refractivity contribution in [1.29, 1.82) is 0 Å². The summed E-state index contributed by atoms with van der Waals surface area (Å²) in [4.78, 5) is 0. The summed E-state index contributed by atoms with van der Waals surface area (Å²) in [5.41, 5.74) is 4.72. The molecule has 1 aromatic rings. The van der Waals surface area contributed by atoms with E-state index in [0.29, 0.717) is 0 Å². The lowest BCUT2D eigenvalue weighted by molar-refractivity contribution is 0.565. The van der Waals surface area contributed by atoms with Gasteiger partial charge in [-0.25, -0.2) is 0 Å². The number of hydrogen-bond donors (Lipinski definition) is 0. The smallest absolute Gasteiger partial charge is 0.0414 e. The van der Waals surface area contributed by atoms with Crippen molar-refractivity contribution in [3.05, 3.63) is 34.9 Å². The largest absolute Gasteiger partial charge is 0.0743 e. The fourth-order valence-corrected chi connectivity index (χ4v) is 2.15. The molecule has 1 aromatic carbocycles. The topological polar surface area (TPSA) is 0 Å². The number of hydrogen-bond acceptors (Lipinski definition) is 0. The molecule has 0 fully saturated rings. The molecule has 0 aliphatic rings. The molecule has 0 aliphatic carbocycles. The van der Waals surface area contributed by atoms with Gasteiger partial charge in [-0.15, -0.1) is 0 Å². The summed E-state index contributed by atoms with van der Waals surface area (Å²) < 4.78 is 0.180. The van der Waals surface area contributed by atoms with E-state index >= 15 is 0 Å². The standard InChI is InChI=1S/C17H27I/c1-15(2,3)12-9-13(16(4,5)6)11-14(10-12)17(7,8)18/h9-11H,1-8H3. The van der Waals surface area contributed by atoms with Gasteiger partial charge in [-0.05, 0) is 41.4 Å². The Hall–Kier alpha value is -0.0500. The molecule has 0 amide bonds. The monoisotopic (exact) mass is 358 g/mol. The van der Waals surface area contributed by atoms with Crippen molar-refractivity contribution in [3.63, 3.8) is 0 Å². The van der Waals surface area contributed by atoms with Gasteiger partial charge in [-0.1, -0.05) is 82.3 Å². The average molecular weight is 358 g/mol. The highest BCUT2D eigenvalue weighted by atomic mass is 127. The Balaban J connectivity index is 3.49. The maximum Gasteiger partial charge on any atom is 0.0414 e. The average Bonchev–Trinajstić information content (AvgIpc) is 2.13. The van der Waals surface area contributed by atoms with E-state index in [1.54, 1.807) is 0 Å². The Morgan fingerprint density at radius 3 is 1.11 bits per heavy atom. The zero-order valence-electron chi connectivity index (χ0n) is 13.1. The lowest BCUT2D eigenvalue weighted by Crippen LogP contribution is -2.19. The Morgan fingerprint density at radius 2 is 0.889 bits per heavy atom. The van der Waals surface area contributed by atoms with Crippen molar-refractivity contribution in [2.45, 2.75) is 69.6 Å². The first-order valence-electron chi connectivity index (χ1n) is 6.67. The van der Waals surface area contributed by atoms with E-state index in [0.717, 1.165) is 0 Å². The van der Waals surface area contributed by atoms with Gasteiger partial charge in [0.05, 0.1) is 0 Å². The molecule has 1 heteroatoms. The van der Waals surface area contributed by atoms with Crippen LogP contribution in [0.4, 0.5) is 0 Å². The maximum absolute atomic E-state index is 2.53. The summed E-state index contributed by atoms with van der Waals surface area (Å²) in [5.74, 6) is 0. The molecule has 0 saturated heterocycles. The normalized spacial score (nSPS) is 13.8. The highest BCUT2D eigenvalue weighted by molar-refractivity contribution is 14.1. The lowest BCUT2D eigenvalue weighted by atomic mass is 9.78. The fraction of sp³-hybridized carbons (Fsp3) is 0.647. The van der Waals surface area contributed by atoms with Crippen molar-refractivity contribution in [1.82, 2.24) is 0 Å². The number of rotatable bonds is 1. The van der Waals surface area contributed by atoms with Crippen LogP contribution in [0.25, 0.3) is 0 Å². The molecular formula is C17H27I. The third kappa shape index (κ3) is 3.97. The molecular weight excluding hydrogens is 331 g/mol. The van der Waals surface area contributed by atoms with Crippen molar-refractivity contribution < 1.29 is 0 Å². The van der Waals surface area contributed by atoms with Crippen LogP contribution in [-0.4, -0.2) is 0 Å². The van der Waals surface area contributed by atoms with Crippen LogP contribution in [0.5, 0.6) is 0 Å². The molecule has 0 N–H and O–H groups in total. The third-order valence-electron chi connectivity index (χ3n) is 3.35. The minimum absolute atomic E-state index is 0.180. The van der Waals surface area contributed by atoms with E-state index in [1.165, 1.54) is 16.7 Å². The van der Waals surface area contributed by atoms with Crippen molar-refractivity contribution >= 4 is 22.6 Å². The van der Waals surface area contributed by atoms with Gasteiger partial charge in [0, 0.05) is 3.42 Å². The molecule has 0 heterocycles. The summed E-state index contributed by atoms with van der Waals surface area (Å²) in [6, 6.07) is 7.13. The van der Waals surface area contributed by atoms with E-state index in [-0.39, 0.29) is 14.3 Å². The van der Waals surface area contributed by atoms with Gasteiger partial charge in [0.2, 0.25) is 0 Å². The van der Waals surface area contributed by atoms with E-state index in [2.05, 4.69) is 96.2 Å². The molecule has 1 rings (SSSR count). The second-order valence-corrected chi connectivity index (χ2v) is 10.5. The minimum Gasteiger partial charge on any atom is -0.0743 e. The molecule has 0 aliphatic heterocycles. The van der Waals surface area contributed by atoms with Crippen LogP contribution in [0.1, 0.15) is 72.1 Å². The lowest BCUT2D eigenvalue weighted by Gasteiger charge is -2.29. The van der Waals surface area contributed by atoms with Crippen LogP contribution in [-0.2, 0) is 14.3 Å². The van der Waals surface area contributed by atoms with E-state index in [9.17, 15) is 0 Å². The first-order valence-corrected chi connectivity index (χ1v) is 7.75. The van der Waals surface area contributed by atoms with Gasteiger partial charge < -0.3 is 0 Å². The third-order valence-corrected chi connectivity index (χ3v) is 3.97. The van der Waals surface area contributed by atoms with Crippen LogP contribution in [0.15, 0.2) is 18.2 Å². The molecule has 0 bridgehead atoms. The summed E-state index contributed by atoms with van der Waals surface area (Å²) >= 11 is 2.53. The number of benzene rings is 1. The maximum atomic E-state index is 2.53. The molecule has 0 saturated carbocycles. The molecule has 18 heavy (non-hydrogen) atoms. The molecule has 0 atom stereocenters. The van der Waals surface area contributed by atoms with Gasteiger partial charge in [-0.2, -0.15) is 0 Å². The summed E-state index contributed by atoms with van der Waals surface area (Å²) in [6.45, 7) is 18.3. The highest BCUT2D eigenvalue weighted by Crippen LogP contribution is 2.37. The van der Waals surface area contributed by atoms with E-state index < -0.39 is 0 Å². The highest BCUT2D eigenvalue weighted by Gasteiger charge is 2.24. The van der Waals surface area contributed by atoms with E-state index in [4.69, 9.17) is 0 Å². The van der Waals surface area contributed by atoms with Crippen LogP contribution < -0.4 is 0 Å². The van der Waals surface area contributed by atoms with Crippen LogP contribution in [0.3, 0.4) is 0 Å². The van der Waals surface area contributed by atoms with Gasteiger partial charge in [0.1, 0.15) is 0 Å². The number of halogens is 1. The van der Waals surface area contributed by atoms with Gasteiger partial charge in [0.25, 0.3) is 0 Å². The van der Waals surface area contributed by atoms with Crippen LogP contribution in [0, 0.1) is 0 Å². The Labute approximate surface area is 127 Å². The summed E-state index contributed by atoms with van der Waals surface area (Å²) in [5, 5.41) is 0. The predicted molar refractivity (Wildman–Crippen MR) is 90.9 cm³/mol. The Morgan fingerprint density at radius 1 is 0.611 bits per heavy atom. The first kappa shape index (κ1) is 16.0. The van der Waals surface area contributed by atoms with Crippen LogP contribution >= 0.6 is 22.6 Å². The SMILES string of the molecule is CC(C)(C)c1cc(C(C)(C)C)cc(C(C)(C)I)c1. The van der Waals surface area contributed by atoms with E-state index in [1.807, 2.05) is 0 Å². The number of alkyl halides is 1. The Kier molecular flexibility index (Phi) is 4.27. The molecule has 0 nitrogen and oxygen atoms in total. The summed E-state index contributed by atoms with van der Waals surface area (Å²) in [7, 11) is 0. The van der Waals surface area contributed by atoms with Crippen molar-refractivity contribution in [3.8, 4) is 0 Å². The fourth-order valence-electron chi connectivity index (χ4n) is 1.84. The molecule has 0 aromatic heterocycles. The molecule has 0 unspecified atom stereocenters. The van der Waals surface area contributed by atoms with Gasteiger partial charge in [0.15, 0.2) is 0 Å². The molecule has 102 valence electrons. The van der Waals surface area contributed by atoms with Crippen LogP contribution in [0.2, 0.25) is 0 Å². The Bertz CT molecular complexity index is 343. The zero-order chi connectivity index (χ0) is 14.4.